The van der Waals surface area contributed by atoms with Gasteiger partial charge in [-0.25, -0.2) is 0 Å². The number of nitrogens with two attached hydrogens (primary N) is 1. The van der Waals surface area contributed by atoms with Crippen molar-refractivity contribution in [2.24, 2.45) is 5.73 Å². The van der Waals surface area contributed by atoms with Gasteiger partial charge in [0, 0.05) is 5.39 Å². The van der Waals surface area contributed by atoms with E-state index < -0.39 is 0 Å². The second kappa shape index (κ2) is 4.14. The molecule has 0 radical (unpaired) electrons. The fourth-order valence-electron chi connectivity index (χ4n) is 1.26. The average molecular weight is 209 g/mol. The zero-order chi connectivity index (χ0) is 9.26. The molecule has 1 heterocycles. The lowest BCUT2D eigenvalue weighted by molar-refractivity contribution is 0.552. The summed E-state index contributed by atoms with van der Waals surface area (Å²) >= 11 is 0. The molecule has 0 fully saturated rings. The monoisotopic (exact) mass is 208 g/mol. The van der Waals surface area contributed by atoms with Crippen LogP contribution in [0.5, 0.6) is 0 Å². The molecule has 3 nitrogen and oxygen atoms in total. The molecule has 0 aliphatic carbocycles. The Balaban J connectivity index is 0.000000980. The minimum absolute atomic E-state index is 0. The summed E-state index contributed by atoms with van der Waals surface area (Å²) in [6.07, 6.45) is 0. The summed E-state index contributed by atoms with van der Waals surface area (Å²) in [6.45, 7) is 0.385. The third-order valence-electron chi connectivity index (χ3n) is 1.90. The number of rotatable bonds is 1. The largest absolute Gasteiger partial charge is 0.460 e. The molecule has 0 aliphatic heterocycles. The van der Waals surface area contributed by atoms with Gasteiger partial charge in [0.1, 0.15) is 11.3 Å². The molecule has 0 atom stereocenters. The summed E-state index contributed by atoms with van der Waals surface area (Å²) in [7, 11) is 0. The van der Waals surface area contributed by atoms with Gasteiger partial charge in [-0.3, -0.25) is 0 Å². The van der Waals surface area contributed by atoms with Gasteiger partial charge in [0.2, 0.25) is 0 Å². The molecular weight excluding hydrogens is 200 g/mol. The normalized spacial score (nSPS) is 9.43. The molecule has 2 rings (SSSR count). The van der Waals surface area contributed by atoms with Crippen molar-refractivity contribution in [3.8, 4) is 6.07 Å². The van der Waals surface area contributed by atoms with Gasteiger partial charge < -0.3 is 10.2 Å². The van der Waals surface area contributed by atoms with Gasteiger partial charge in [0.05, 0.1) is 18.2 Å². The van der Waals surface area contributed by atoms with Gasteiger partial charge in [-0.2, -0.15) is 5.26 Å². The van der Waals surface area contributed by atoms with Gasteiger partial charge in [-0.1, -0.05) is 0 Å². The Morgan fingerprint density at radius 3 is 2.79 bits per heavy atom. The molecule has 0 aliphatic rings. The summed E-state index contributed by atoms with van der Waals surface area (Å²) in [5, 5.41) is 9.63. The van der Waals surface area contributed by atoms with Crippen LogP contribution in [0.3, 0.4) is 0 Å². The fourth-order valence-corrected chi connectivity index (χ4v) is 1.26. The van der Waals surface area contributed by atoms with E-state index in [2.05, 4.69) is 6.07 Å². The smallest absolute Gasteiger partial charge is 0.135 e. The topological polar surface area (TPSA) is 63.0 Å². The van der Waals surface area contributed by atoms with Gasteiger partial charge in [-0.15, -0.1) is 12.4 Å². The van der Waals surface area contributed by atoms with Crippen LogP contribution in [0.2, 0.25) is 0 Å². The molecule has 0 saturated carbocycles. The van der Waals surface area contributed by atoms with E-state index in [1.807, 2.05) is 12.1 Å². The number of hydrogen-bond acceptors (Lipinski definition) is 3. The molecule has 0 saturated heterocycles. The first kappa shape index (κ1) is 10.6. The van der Waals surface area contributed by atoms with Crippen molar-refractivity contribution in [1.29, 1.82) is 5.26 Å². The first-order valence-corrected chi connectivity index (χ1v) is 3.96. The van der Waals surface area contributed by atoms with Crippen LogP contribution in [0.25, 0.3) is 11.0 Å². The zero-order valence-electron chi connectivity index (χ0n) is 7.36. The maximum Gasteiger partial charge on any atom is 0.135 e. The quantitative estimate of drug-likeness (QED) is 0.782. The number of nitriles is 1. The van der Waals surface area contributed by atoms with E-state index in [9.17, 15) is 0 Å². The molecule has 2 aromatic rings. The minimum atomic E-state index is 0. The van der Waals surface area contributed by atoms with E-state index >= 15 is 0 Å². The third-order valence-corrected chi connectivity index (χ3v) is 1.90. The summed E-state index contributed by atoms with van der Waals surface area (Å²) < 4.78 is 5.38. The predicted molar refractivity (Wildman–Crippen MR) is 56.1 cm³/mol. The molecule has 2 N–H and O–H groups in total. The van der Waals surface area contributed by atoms with E-state index in [0.29, 0.717) is 12.1 Å². The lowest BCUT2D eigenvalue weighted by Crippen LogP contribution is -1.92. The minimum Gasteiger partial charge on any atom is -0.460 e. The van der Waals surface area contributed by atoms with Gasteiger partial charge in [0.25, 0.3) is 0 Å². The Morgan fingerprint density at radius 2 is 2.14 bits per heavy atom. The number of benzene rings is 1. The highest BCUT2D eigenvalue weighted by atomic mass is 35.5. The fraction of sp³-hybridized carbons (Fsp3) is 0.100. The molecule has 14 heavy (non-hydrogen) atoms. The lowest BCUT2D eigenvalue weighted by Gasteiger charge is -1.87. The van der Waals surface area contributed by atoms with Crippen LogP contribution >= 0.6 is 12.4 Å². The predicted octanol–water partition coefficient (Wildman–Crippen LogP) is 2.18. The highest BCUT2D eigenvalue weighted by Crippen LogP contribution is 2.19. The number of halogens is 1. The standard InChI is InChI=1S/C10H8N2O.ClH/c11-5-7-1-2-8-4-9(6-12)13-10(8)3-7;/h1-4H,6,12H2;1H. The second-order valence-electron chi connectivity index (χ2n) is 2.78. The number of fused-ring (bicyclic) bond motifs is 1. The summed E-state index contributed by atoms with van der Waals surface area (Å²) in [5.74, 6) is 0.741. The Labute approximate surface area is 87.5 Å². The van der Waals surface area contributed by atoms with Crippen LogP contribution in [0.4, 0.5) is 0 Å². The maximum absolute atomic E-state index is 8.64. The molecule has 1 aromatic carbocycles. The van der Waals surface area contributed by atoms with Crippen LogP contribution in [-0.4, -0.2) is 0 Å². The molecule has 0 bridgehead atoms. The molecule has 0 amide bonds. The molecular formula is C10H9ClN2O. The summed E-state index contributed by atoms with van der Waals surface area (Å²) in [5.41, 5.74) is 6.75. The van der Waals surface area contributed by atoms with E-state index in [1.165, 1.54) is 0 Å². The maximum atomic E-state index is 8.64. The molecule has 1 aromatic heterocycles. The van der Waals surface area contributed by atoms with E-state index in [4.69, 9.17) is 15.4 Å². The molecule has 0 unspecified atom stereocenters. The van der Waals surface area contributed by atoms with E-state index in [-0.39, 0.29) is 12.4 Å². The first-order valence-electron chi connectivity index (χ1n) is 3.96. The van der Waals surface area contributed by atoms with Crippen molar-refractivity contribution < 1.29 is 4.42 Å². The third kappa shape index (κ3) is 1.72. The molecule has 72 valence electrons. The lowest BCUT2D eigenvalue weighted by atomic mass is 10.2. The Bertz CT molecular complexity index is 484. The van der Waals surface area contributed by atoms with Crippen LogP contribution in [0.1, 0.15) is 11.3 Å². The second-order valence-corrected chi connectivity index (χ2v) is 2.78. The SMILES string of the molecule is Cl.N#Cc1ccc2cc(CN)oc2c1. The molecule has 0 spiro atoms. The number of hydrogen-bond donors (Lipinski definition) is 1. The highest BCUT2D eigenvalue weighted by Gasteiger charge is 2.02. The van der Waals surface area contributed by atoms with Crippen molar-refractivity contribution in [2.75, 3.05) is 0 Å². The van der Waals surface area contributed by atoms with E-state index in [1.54, 1.807) is 12.1 Å². The van der Waals surface area contributed by atoms with Crippen molar-refractivity contribution in [2.45, 2.75) is 6.54 Å². The van der Waals surface area contributed by atoms with E-state index in [0.717, 1.165) is 16.7 Å². The van der Waals surface area contributed by atoms with Gasteiger partial charge >= 0.3 is 0 Å². The average Bonchev–Trinajstić information content (AvgIpc) is 2.58. The summed E-state index contributed by atoms with van der Waals surface area (Å²) in [6, 6.07) is 9.28. The van der Waals surface area contributed by atoms with Gasteiger partial charge in [0.15, 0.2) is 0 Å². The first-order chi connectivity index (χ1) is 6.33. The molecule has 4 heteroatoms. The highest BCUT2D eigenvalue weighted by molar-refractivity contribution is 5.85. The zero-order valence-corrected chi connectivity index (χ0v) is 8.17. The van der Waals surface area contributed by atoms with Crippen molar-refractivity contribution >= 4 is 23.4 Å². The van der Waals surface area contributed by atoms with Crippen molar-refractivity contribution in [1.82, 2.24) is 0 Å². The van der Waals surface area contributed by atoms with Crippen molar-refractivity contribution in [3.63, 3.8) is 0 Å². The van der Waals surface area contributed by atoms with Crippen LogP contribution in [0, 0.1) is 11.3 Å². The number of furan rings is 1. The van der Waals surface area contributed by atoms with Crippen LogP contribution in [-0.2, 0) is 6.54 Å². The Morgan fingerprint density at radius 1 is 1.36 bits per heavy atom. The number of nitrogens with zero attached hydrogens (tertiary/aromatic N) is 1. The van der Waals surface area contributed by atoms with Crippen LogP contribution < -0.4 is 5.73 Å². The Hall–Kier alpha value is -1.50. The van der Waals surface area contributed by atoms with Crippen LogP contribution in [0.15, 0.2) is 28.7 Å². The summed E-state index contributed by atoms with van der Waals surface area (Å²) in [4.78, 5) is 0. The Kier molecular flexibility index (Phi) is 3.13. The van der Waals surface area contributed by atoms with Gasteiger partial charge in [-0.05, 0) is 24.3 Å². The van der Waals surface area contributed by atoms with Crippen molar-refractivity contribution in [3.05, 3.63) is 35.6 Å².